The first kappa shape index (κ1) is 16.0. The molecule has 19 heavy (non-hydrogen) atoms. The predicted octanol–water partition coefficient (Wildman–Crippen LogP) is 1.62. The van der Waals surface area contributed by atoms with Gasteiger partial charge in [-0.2, -0.15) is 16.9 Å². The zero-order chi connectivity index (χ0) is 14.4. The van der Waals surface area contributed by atoms with Crippen molar-refractivity contribution in [3.05, 3.63) is 17.5 Å². The molecule has 1 rings (SSSR count). The molecule has 0 bridgehead atoms. The van der Waals surface area contributed by atoms with E-state index < -0.39 is 0 Å². The number of rotatable bonds is 7. The Kier molecular flexibility index (Phi) is 6.37. The highest BCUT2D eigenvalue weighted by Crippen LogP contribution is 2.13. The first-order valence-corrected chi connectivity index (χ1v) is 7.85. The summed E-state index contributed by atoms with van der Waals surface area (Å²) >= 11 is 1.65. The van der Waals surface area contributed by atoms with Crippen LogP contribution in [-0.4, -0.2) is 45.5 Å². The van der Waals surface area contributed by atoms with Gasteiger partial charge in [-0.25, -0.2) is 0 Å². The van der Waals surface area contributed by atoms with Crippen LogP contribution in [0.3, 0.4) is 0 Å². The Morgan fingerprint density at radius 2 is 2.26 bits per heavy atom. The van der Waals surface area contributed by atoms with E-state index >= 15 is 0 Å². The molecule has 5 nitrogen and oxygen atoms in total. The minimum absolute atomic E-state index is 0.00528. The Labute approximate surface area is 118 Å². The summed E-state index contributed by atoms with van der Waals surface area (Å²) in [5, 5.41) is 16.2. The van der Waals surface area contributed by atoms with Gasteiger partial charge in [0.25, 0.3) is 5.91 Å². The molecular formula is C13H23N3O2S. The van der Waals surface area contributed by atoms with Crippen molar-refractivity contribution in [2.75, 3.05) is 18.6 Å². The maximum Gasteiger partial charge on any atom is 0.254 e. The van der Waals surface area contributed by atoms with E-state index in [2.05, 4.69) is 10.4 Å². The van der Waals surface area contributed by atoms with E-state index in [0.717, 1.165) is 11.4 Å². The third-order valence-corrected chi connectivity index (χ3v) is 3.69. The van der Waals surface area contributed by atoms with Crippen LogP contribution in [0.1, 0.15) is 42.4 Å². The van der Waals surface area contributed by atoms with Crippen LogP contribution in [0.2, 0.25) is 0 Å². The van der Waals surface area contributed by atoms with Crippen molar-refractivity contribution in [2.45, 2.75) is 39.3 Å². The lowest BCUT2D eigenvalue weighted by molar-refractivity contribution is 0.0934. The number of hydrogen-bond acceptors (Lipinski definition) is 4. The number of thioether (sulfide) groups is 1. The van der Waals surface area contributed by atoms with E-state index in [-0.39, 0.29) is 24.6 Å². The minimum Gasteiger partial charge on any atom is -0.396 e. The van der Waals surface area contributed by atoms with Crippen molar-refractivity contribution >= 4 is 17.7 Å². The summed E-state index contributed by atoms with van der Waals surface area (Å²) in [6, 6.07) is 0.232. The second kappa shape index (κ2) is 7.55. The maximum atomic E-state index is 12.2. The molecule has 0 aromatic carbocycles. The highest BCUT2D eigenvalue weighted by molar-refractivity contribution is 7.98. The van der Waals surface area contributed by atoms with Crippen molar-refractivity contribution in [3.8, 4) is 0 Å². The first-order valence-electron chi connectivity index (χ1n) is 6.46. The lowest BCUT2D eigenvalue weighted by atomic mass is 10.2. The Hall–Kier alpha value is -1.01. The van der Waals surface area contributed by atoms with Crippen LogP contribution in [0, 0.1) is 6.92 Å². The van der Waals surface area contributed by atoms with Crippen LogP contribution in [0.5, 0.6) is 0 Å². The molecule has 1 amide bonds. The molecule has 0 aliphatic heterocycles. The molecule has 0 spiro atoms. The van der Waals surface area contributed by atoms with Gasteiger partial charge in [0.15, 0.2) is 0 Å². The summed E-state index contributed by atoms with van der Waals surface area (Å²) in [7, 11) is 0. The Bertz CT molecular complexity index is 412. The molecule has 0 saturated heterocycles. The molecule has 2 N–H and O–H groups in total. The average molecular weight is 285 g/mol. The second-order valence-electron chi connectivity index (χ2n) is 4.82. The van der Waals surface area contributed by atoms with Gasteiger partial charge in [-0.1, -0.05) is 0 Å². The van der Waals surface area contributed by atoms with Crippen molar-refractivity contribution in [3.63, 3.8) is 0 Å². The number of aliphatic hydroxyl groups excluding tert-OH is 1. The van der Waals surface area contributed by atoms with E-state index in [1.165, 1.54) is 0 Å². The number of nitrogens with zero attached hydrogens (tertiary/aromatic N) is 2. The molecule has 0 radical (unpaired) electrons. The van der Waals surface area contributed by atoms with Crippen LogP contribution in [0.4, 0.5) is 0 Å². The molecule has 1 unspecified atom stereocenters. The molecule has 1 heterocycles. The quantitative estimate of drug-likeness (QED) is 0.799. The molecule has 0 fully saturated rings. The number of nitrogens with one attached hydrogen (secondary N) is 1. The van der Waals surface area contributed by atoms with Crippen molar-refractivity contribution in [1.29, 1.82) is 0 Å². The minimum atomic E-state index is -0.114. The fourth-order valence-electron chi connectivity index (χ4n) is 1.98. The number of aliphatic hydroxyl groups is 1. The van der Waals surface area contributed by atoms with Gasteiger partial charge in [-0.05, 0) is 33.4 Å². The van der Waals surface area contributed by atoms with E-state index in [0.29, 0.717) is 12.0 Å². The SMILES string of the molecule is CSCC(CCO)NC(=O)c1cnn(C(C)C)c1C. The third-order valence-electron chi connectivity index (χ3n) is 2.96. The van der Waals surface area contributed by atoms with Gasteiger partial charge in [0, 0.05) is 30.1 Å². The standard InChI is InChI=1S/C13H23N3O2S/c1-9(2)16-10(3)12(7-14-16)13(18)15-11(5-6-17)8-19-4/h7,9,11,17H,5-6,8H2,1-4H3,(H,15,18). The molecule has 0 aliphatic rings. The number of aromatic nitrogens is 2. The largest absolute Gasteiger partial charge is 0.396 e. The van der Waals surface area contributed by atoms with Crippen LogP contribution in [0.25, 0.3) is 0 Å². The molecule has 1 aromatic heterocycles. The van der Waals surface area contributed by atoms with Gasteiger partial charge in [0.1, 0.15) is 0 Å². The van der Waals surface area contributed by atoms with Gasteiger partial charge in [0.2, 0.25) is 0 Å². The summed E-state index contributed by atoms with van der Waals surface area (Å²) in [5.41, 5.74) is 1.48. The van der Waals surface area contributed by atoms with Gasteiger partial charge < -0.3 is 10.4 Å². The summed E-state index contributed by atoms with van der Waals surface area (Å²) in [5.74, 6) is 0.681. The van der Waals surface area contributed by atoms with E-state index in [1.54, 1.807) is 18.0 Å². The molecule has 108 valence electrons. The fourth-order valence-corrected chi connectivity index (χ4v) is 2.64. The zero-order valence-electron chi connectivity index (χ0n) is 12.0. The normalized spacial score (nSPS) is 12.7. The van der Waals surface area contributed by atoms with Crippen LogP contribution < -0.4 is 5.32 Å². The Balaban J connectivity index is 2.77. The highest BCUT2D eigenvalue weighted by atomic mass is 32.2. The Morgan fingerprint density at radius 1 is 1.58 bits per heavy atom. The summed E-state index contributed by atoms with van der Waals surface area (Å²) in [6.45, 7) is 6.04. The molecule has 0 aliphatic carbocycles. The number of carbonyl (C=O) groups excluding carboxylic acids is 1. The summed E-state index contributed by atoms with van der Waals surface area (Å²) in [6.07, 6.45) is 4.17. The Morgan fingerprint density at radius 3 is 2.74 bits per heavy atom. The smallest absolute Gasteiger partial charge is 0.254 e. The topological polar surface area (TPSA) is 67.2 Å². The van der Waals surface area contributed by atoms with Crippen molar-refractivity contribution in [1.82, 2.24) is 15.1 Å². The molecular weight excluding hydrogens is 262 g/mol. The zero-order valence-corrected chi connectivity index (χ0v) is 12.8. The van der Waals surface area contributed by atoms with Crippen molar-refractivity contribution < 1.29 is 9.90 Å². The van der Waals surface area contributed by atoms with E-state index in [1.807, 2.05) is 31.7 Å². The monoisotopic (exact) mass is 285 g/mol. The number of carbonyl (C=O) groups is 1. The van der Waals surface area contributed by atoms with E-state index in [9.17, 15) is 4.79 Å². The molecule has 1 aromatic rings. The van der Waals surface area contributed by atoms with Crippen LogP contribution in [-0.2, 0) is 0 Å². The van der Waals surface area contributed by atoms with Gasteiger partial charge in [0.05, 0.1) is 11.8 Å². The highest BCUT2D eigenvalue weighted by Gasteiger charge is 2.18. The first-order chi connectivity index (χ1) is 9.01. The van der Waals surface area contributed by atoms with Gasteiger partial charge in [-0.3, -0.25) is 9.48 Å². The second-order valence-corrected chi connectivity index (χ2v) is 5.73. The molecule has 1 atom stereocenters. The molecule has 6 heteroatoms. The maximum absolute atomic E-state index is 12.2. The van der Waals surface area contributed by atoms with Crippen molar-refractivity contribution in [2.24, 2.45) is 0 Å². The average Bonchev–Trinajstić information content (AvgIpc) is 2.71. The van der Waals surface area contributed by atoms with E-state index in [4.69, 9.17) is 5.11 Å². The van der Waals surface area contributed by atoms with Crippen LogP contribution in [0.15, 0.2) is 6.20 Å². The summed E-state index contributed by atoms with van der Waals surface area (Å²) in [4.78, 5) is 12.2. The fraction of sp³-hybridized carbons (Fsp3) is 0.692. The summed E-state index contributed by atoms with van der Waals surface area (Å²) < 4.78 is 1.84. The lowest BCUT2D eigenvalue weighted by Gasteiger charge is -2.16. The third kappa shape index (κ3) is 4.24. The van der Waals surface area contributed by atoms with Crippen LogP contribution >= 0.6 is 11.8 Å². The number of amides is 1. The predicted molar refractivity (Wildman–Crippen MR) is 78.7 cm³/mol. The lowest BCUT2D eigenvalue weighted by Crippen LogP contribution is -2.37. The van der Waals surface area contributed by atoms with Gasteiger partial charge in [-0.15, -0.1) is 0 Å². The molecule has 0 saturated carbocycles. The number of hydrogen-bond donors (Lipinski definition) is 2. The van der Waals surface area contributed by atoms with Gasteiger partial charge >= 0.3 is 0 Å².